The van der Waals surface area contributed by atoms with E-state index in [2.05, 4.69) is 50.3 Å². The van der Waals surface area contributed by atoms with E-state index in [4.69, 9.17) is 16.6 Å². The van der Waals surface area contributed by atoms with Gasteiger partial charge in [0.15, 0.2) is 0 Å². The van der Waals surface area contributed by atoms with Gasteiger partial charge in [0.1, 0.15) is 6.04 Å². The van der Waals surface area contributed by atoms with E-state index >= 15 is 0 Å². The molecule has 0 saturated heterocycles. The molecule has 174 valence electrons. The molecule has 8 nitrogen and oxygen atoms in total. The lowest BCUT2D eigenvalue weighted by molar-refractivity contribution is -0.138. The van der Waals surface area contributed by atoms with Crippen molar-refractivity contribution >= 4 is 52.3 Å². The minimum atomic E-state index is -0.933. The zero-order valence-corrected chi connectivity index (χ0v) is 18.7. The maximum Gasteiger partial charge on any atom is 0.320 e. The minimum absolute atomic E-state index is 0.520. The van der Waals surface area contributed by atoms with Gasteiger partial charge in [0.2, 0.25) is 0 Å². The fourth-order valence-electron chi connectivity index (χ4n) is 3.58. The minimum Gasteiger partial charge on any atom is -0.480 e. The molecule has 3 aromatic heterocycles. The van der Waals surface area contributed by atoms with E-state index in [9.17, 15) is 4.79 Å². The highest BCUT2D eigenvalue weighted by Crippen LogP contribution is 2.17. The number of carbonyl (C=O) groups is 1. The molecule has 0 saturated carbocycles. The summed E-state index contributed by atoms with van der Waals surface area (Å²) in [5.74, 6) is -0.933. The van der Waals surface area contributed by atoms with E-state index in [1.54, 1.807) is 0 Å². The lowest BCUT2D eigenvalue weighted by atomic mass is 10.1. The van der Waals surface area contributed by atoms with E-state index in [0.29, 0.717) is 13.0 Å². The van der Waals surface area contributed by atoms with Crippen LogP contribution in [0.4, 0.5) is 0 Å². The summed E-state index contributed by atoms with van der Waals surface area (Å²) in [6, 6.07) is 15.7. The summed E-state index contributed by atoms with van der Waals surface area (Å²) in [6.45, 7) is 0.604. The van der Waals surface area contributed by atoms with Crippen LogP contribution in [-0.4, -0.2) is 43.6 Å². The zero-order chi connectivity index (χ0) is 23.9. The second-order valence-corrected chi connectivity index (χ2v) is 8.13. The van der Waals surface area contributed by atoms with Crippen molar-refractivity contribution in [2.24, 2.45) is 11.5 Å². The van der Waals surface area contributed by atoms with Gasteiger partial charge >= 0.3 is 5.97 Å². The fourth-order valence-corrected chi connectivity index (χ4v) is 3.58. The smallest absolute Gasteiger partial charge is 0.320 e. The number of hydrogen-bond donors (Lipinski definition) is 5. The molecule has 0 spiro atoms. The number of carboxylic acids is 1. The Balaban J connectivity index is 0.000000235. The molecule has 5 rings (SSSR count). The van der Waals surface area contributed by atoms with Gasteiger partial charge in [0, 0.05) is 22.1 Å². The Hall–Kier alpha value is -4.01. The number of unbranched alkanes of at least 4 members (excludes halogenated alkanes) is 1. The molecule has 0 radical (unpaired) electrons. The SMILES string of the molecule is C1=Cc2cc3ccc(cc4ccc(cc5nc(cc1n2)C=C5)[nH]4)[nH]3.NCCCCC(N)C(=O)O. The Morgan fingerprint density at radius 3 is 1.65 bits per heavy atom. The highest BCUT2D eigenvalue weighted by molar-refractivity contribution is 5.77. The molecule has 0 aromatic carbocycles. The molecule has 3 aromatic rings. The highest BCUT2D eigenvalue weighted by atomic mass is 16.4. The van der Waals surface area contributed by atoms with Crippen LogP contribution in [0.1, 0.15) is 42.0 Å². The van der Waals surface area contributed by atoms with Crippen LogP contribution in [0.25, 0.3) is 46.4 Å². The van der Waals surface area contributed by atoms with Crippen molar-refractivity contribution in [3.63, 3.8) is 0 Å². The van der Waals surface area contributed by atoms with Gasteiger partial charge in [-0.15, -0.1) is 0 Å². The van der Waals surface area contributed by atoms with Crippen LogP contribution < -0.4 is 11.5 Å². The Bertz CT molecular complexity index is 1290. The molecule has 7 N–H and O–H groups in total. The van der Waals surface area contributed by atoms with Crippen molar-refractivity contribution in [2.45, 2.75) is 25.3 Å². The van der Waals surface area contributed by atoms with Crippen LogP contribution in [0.15, 0.2) is 48.5 Å². The molecular formula is C26H28N6O2. The molecule has 34 heavy (non-hydrogen) atoms. The van der Waals surface area contributed by atoms with Crippen LogP contribution in [0, 0.1) is 0 Å². The number of hydrogen-bond acceptors (Lipinski definition) is 5. The Kier molecular flexibility index (Phi) is 7.31. The normalized spacial score (nSPS) is 12.8. The van der Waals surface area contributed by atoms with Gasteiger partial charge in [0.05, 0.1) is 22.8 Å². The van der Waals surface area contributed by atoms with Crippen LogP contribution in [0.2, 0.25) is 0 Å². The number of carboxylic acid groups (broad SMARTS) is 1. The van der Waals surface area contributed by atoms with Crippen molar-refractivity contribution in [3.05, 3.63) is 71.3 Å². The number of H-pyrrole nitrogens is 2. The fraction of sp³-hybridized carbons (Fsp3) is 0.192. The van der Waals surface area contributed by atoms with Crippen LogP contribution in [0.3, 0.4) is 0 Å². The number of aliphatic carboxylic acids is 1. The third-order valence-corrected chi connectivity index (χ3v) is 5.33. The topological polar surface area (TPSA) is 147 Å². The monoisotopic (exact) mass is 456 g/mol. The first-order chi connectivity index (χ1) is 16.5. The van der Waals surface area contributed by atoms with E-state index in [1.807, 2.05) is 42.5 Å². The quantitative estimate of drug-likeness (QED) is 0.251. The first-order valence-corrected chi connectivity index (χ1v) is 11.2. The summed E-state index contributed by atoms with van der Waals surface area (Å²) >= 11 is 0. The number of aromatic nitrogens is 4. The van der Waals surface area contributed by atoms with Gasteiger partial charge in [-0.3, -0.25) is 4.79 Å². The summed E-state index contributed by atoms with van der Waals surface area (Å²) in [4.78, 5) is 26.2. The first-order valence-electron chi connectivity index (χ1n) is 11.2. The lowest BCUT2D eigenvalue weighted by Gasteiger charge is -2.03. The average Bonchev–Trinajstić information content (AvgIpc) is 3.60. The number of nitrogens with one attached hydrogen (secondary N) is 2. The van der Waals surface area contributed by atoms with Crippen molar-refractivity contribution in [1.29, 1.82) is 0 Å². The highest BCUT2D eigenvalue weighted by Gasteiger charge is 2.09. The maximum atomic E-state index is 10.1. The molecular weight excluding hydrogens is 428 g/mol. The number of rotatable bonds is 5. The van der Waals surface area contributed by atoms with Crippen LogP contribution in [0.5, 0.6) is 0 Å². The summed E-state index contributed by atoms with van der Waals surface area (Å²) in [6.07, 6.45) is 10.2. The number of nitrogens with two attached hydrogens (primary N) is 2. The van der Waals surface area contributed by atoms with Gasteiger partial charge in [-0.1, -0.05) is 6.42 Å². The number of aromatic amines is 2. The van der Waals surface area contributed by atoms with E-state index < -0.39 is 12.0 Å². The van der Waals surface area contributed by atoms with E-state index in [1.165, 1.54) is 0 Å². The summed E-state index contributed by atoms with van der Waals surface area (Å²) < 4.78 is 0. The van der Waals surface area contributed by atoms with Crippen LogP contribution >= 0.6 is 0 Å². The number of fused-ring (bicyclic) bond motifs is 8. The Morgan fingerprint density at radius 2 is 1.21 bits per heavy atom. The molecule has 1 atom stereocenters. The summed E-state index contributed by atoms with van der Waals surface area (Å²) in [5, 5.41) is 8.33. The maximum absolute atomic E-state index is 10.1. The van der Waals surface area contributed by atoms with E-state index in [-0.39, 0.29) is 0 Å². The third-order valence-electron chi connectivity index (χ3n) is 5.33. The van der Waals surface area contributed by atoms with E-state index in [0.717, 1.165) is 57.7 Å². The largest absolute Gasteiger partial charge is 0.480 e. The molecule has 5 heterocycles. The van der Waals surface area contributed by atoms with Gasteiger partial charge < -0.3 is 26.5 Å². The van der Waals surface area contributed by atoms with Crippen molar-refractivity contribution in [1.82, 2.24) is 19.9 Å². The second kappa shape index (κ2) is 10.7. The zero-order valence-electron chi connectivity index (χ0n) is 18.7. The summed E-state index contributed by atoms with van der Waals surface area (Å²) in [7, 11) is 0. The van der Waals surface area contributed by atoms with Crippen LogP contribution in [-0.2, 0) is 4.79 Å². The van der Waals surface area contributed by atoms with Crippen molar-refractivity contribution in [2.75, 3.05) is 6.54 Å². The van der Waals surface area contributed by atoms with Gasteiger partial charge in [-0.25, -0.2) is 9.97 Å². The number of nitrogens with zero attached hydrogens (tertiary/aromatic N) is 2. The molecule has 8 bridgehead atoms. The predicted molar refractivity (Wildman–Crippen MR) is 137 cm³/mol. The van der Waals surface area contributed by atoms with Gasteiger partial charge in [-0.05, 0) is 92.2 Å². The lowest BCUT2D eigenvalue weighted by Crippen LogP contribution is -2.29. The van der Waals surface area contributed by atoms with Gasteiger partial charge in [-0.2, -0.15) is 0 Å². The first kappa shape index (κ1) is 23.2. The molecule has 1 unspecified atom stereocenters. The third kappa shape index (κ3) is 6.28. The molecule has 0 aliphatic carbocycles. The van der Waals surface area contributed by atoms with Crippen molar-refractivity contribution in [3.8, 4) is 0 Å². The second-order valence-electron chi connectivity index (χ2n) is 8.13. The Morgan fingerprint density at radius 1 is 0.765 bits per heavy atom. The molecule has 2 aliphatic heterocycles. The predicted octanol–water partition coefficient (Wildman–Crippen LogP) is 4.18. The molecule has 0 fully saturated rings. The van der Waals surface area contributed by atoms with Crippen molar-refractivity contribution < 1.29 is 9.90 Å². The Labute approximate surface area is 197 Å². The average molecular weight is 457 g/mol. The molecule has 8 heteroatoms. The van der Waals surface area contributed by atoms with Gasteiger partial charge in [0.25, 0.3) is 0 Å². The summed E-state index contributed by atoms with van der Waals surface area (Å²) in [5.41, 5.74) is 18.3. The molecule has 0 amide bonds. The molecule has 2 aliphatic rings. The standard InChI is InChI=1S/C20H14N4.C6H14N2O2/c1-2-14-10-16-5-6-18(23-16)12-20-8-7-19(24-20)11-17-4-3-15(22-17)9-13(1)21-14;7-4-2-1-3-5(8)6(9)10/h1-12,21-22H;5H,1-4,7-8H2,(H,9,10).